The van der Waals surface area contributed by atoms with Gasteiger partial charge in [-0.3, -0.25) is 4.79 Å². The number of carbonyl (C=O) groups excluding carboxylic acids is 1. The molecule has 0 atom stereocenters. The third-order valence-electron chi connectivity index (χ3n) is 2.53. The van der Waals surface area contributed by atoms with Gasteiger partial charge in [-0.25, -0.2) is 17.6 Å². The van der Waals surface area contributed by atoms with E-state index in [0.717, 1.165) is 18.2 Å². The zero-order chi connectivity index (χ0) is 15.0. The molecular weight excluding hydrogens is 363 g/mol. The summed E-state index contributed by atoms with van der Waals surface area (Å²) in [5, 5.41) is 0.0257. The Hall–Kier alpha value is -1.40. The van der Waals surface area contributed by atoms with E-state index in [0.29, 0.717) is 6.07 Å². The van der Waals surface area contributed by atoms with Crippen molar-refractivity contribution in [1.29, 1.82) is 0 Å². The van der Waals surface area contributed by atoms with Crippen molar-refractivity contribution in [2.75, 3.05) is 0 Å². The minimum Gasteiger partial charge on any atom is -0.288 e. The molecule has 0 aromatic heterocycles. The standard InChI is InChI=1S/C13H4BrClF4O/c14-7-4-10(17)6(3-8(7)15)13(20)5-1-2-9(16)12(19)11(5)18/h1-4H. The van der Waals surface area contributed by atoms with E-state index in [1.165, 1.54) is 0 Å². The smallest absolute Gasteiger partial charge is 0.199 e. The van der Waals surface area contributed by atoms with Gasteiger partial charge in [0, 0.05) is 4.47 Å². The average Bonchev–Trinajstić information content (AvgIpc) is 2.40. The van der Waals surface area contributed by atoms with E-state index in [1.807, 2.05) is 0 Å². The summed E-state index contributed by atoms with van der Waals surface area (Å²) in [6.45, 7) is 0. The molecule has 0 radical (unpaired) electrons. The van der Waals surface area contributed by atoms with Gasteiger partial charge in [-0.05, 0) is 40.2 Å². The Morgan fingerprint density at radius 3 is 2.25 bits per heavy atom. The molecule has 2 aromatic carbocycles. The van der Waals surface area contributed by atoms with Crippen molar-refractivity contribution in [3.05, 3.63) is 68.2 Å². The van der Waals surface area contributed by atoms with Crippen LogP contribution in [0.4, 0.5) is 17.6 Å². The van der Waals surface area contributed by atoms with E-state index < -0.39 is 40.2 Å². The van der Waals surface area contributed by atoms with Crippen LogP contribution in [-0.4, -0.2) is 5.78 Å². The van der Waals surface area contributed by atoms with E-state index in [2.05, 4.69) is 15.9 Å². The van der Waals surface area contributed by atoms with E-state index in [1.54, 1.807) is 0 Å². The van der Waals surface area contributed by atoms with Crippen molar-refractivity contribution in [3.8, 4) is 0 Å². The van der Waals surface area contributed by atoms with Gasteiger partial charge < -0.3 is 0 Å². The molecule has 7 heteroatoms. The third kappa shape index (κ3) is 2.58. The molecule has 2 rings (SSSR count). The van der Waals surface area contributed by atoms with Crippen molar-refractivity contribution in [2.24, 2.45) is 0 Å². The van der Waals surface area contributed by atoms with Gasteiger partial charge in [-0.15, -0.1) is 0 Å². The molecule has 1 nitrogen and oxygen atoms in total. The second kappa shape index (κ2) is 5.54. The Balaban J connectivity index is 2.58. The summed E-state index contributed by atoms with van der Waals surface area (Å²) in [6.07, 6.45) is 0. The van der Waals surface area contributed by atoms with Crippen LogP contribution in [0.1, 0.15) is 15.9 Å². The molecule has 0 amide bonds. The molecule has 0 aliphatic heterocycles. The quantitative estimate of drug-likeness (QED) is 0.320. The lowest BCUT2D eigenvalue weighted by Crippen LogP contribution is -2.09. The Morgan fingerprint density at radius 1 is 0.950 bits per heavy atom. The maximum absolute atomic E-state index is 13.7. The van der Waals surface area contributed by atoms with Gasteiger partial charge in [0.25, 0.3) is 0 Å². The zero-order valence-corrected chi connectivity index (χ0v) is 11.8. The van der Waals surface area contributed by atoms with Crippen molar-refractivity contribution in [1.82, 2.24) is 0 Å². The van der Waals surface area contributed by atoms with E-state index in [4.69, 9.17) is 11.6 Å². The van der Waals surface area contributed by atoms with Crippen LogP contribution >= 0.6 is 27.5 Å². The van der Waals surface area contributed by atoms with E-state index in [9.17, 15) is 22.4 Å². The predicted molar refractivity (Wildman–Crippen MR) is 68.9 cm³/mol. The van der Waals surface area contributed by atoms with Gasteiger partial charge in [-0.2, -0.15) is 0 Å². The van der Waals surface area contributed by atoms with Crippen molar-refractivity contribution < 1.29 is 22.4 Å². The molecule has 0 heterocycles. The van der Waals surface area contributed by atoms with Crippen LogP contribution in [0.25, 0.3) is 0 Å². The minimum absolute atomic E-state index is 0.0257. The highest BCUT2D eigenvalue weighted by Gasteiger charge is 2.23. The first-order valence-electron chi connectivity index (χ1n) is 5.15. The summed E-state index contributed by atoms with van der Waals surface area (Å²) < 4.78 is 53.3. The summed E-state index contributed by atoms with van der Waals surface area (Å²) in [5.74, 6) is -7.00. The first-order valence-corrected chi connectivity index (χ1v) is 6.32. The zero-order valence-electron chi connectivity index (χ0n) is 9.49. The lowest BCUT2D eigenvalue weighted by molar-refractivity contribution is 0.103. The summed E-state index contributed by atoms with van der Waals surface area (Å²) in [4.78, 5) is 12.0. The molecule has 0 N–H and O–H groups in total. The highest BCUT2D eigenvalue weighted by molar-refractivity contribution is 9.10. The topological polar surface area (TPSA) is 17.1 Å². The van der Waals surface area contributed by atoms with Crippen LogP contribution in [-0.2, 0) is 0 Å². The number of ketones is 1. The van der Waals surface area contributed by atoms with Gasteiger partial charge in [0.15, 0.2) is 23.2 Å². The fourth-order valence-corrected chi connectivity index (χ4v) is 2.02. The molecular formula is C13H4BrClF4O. The number of halogens is 6. The van der Waals surface area contributed by atoms with Crippen LogP contribution in [0.2, 0.25) is 5.02 Å². The Kier molecular flexibility index (Phi) is 4.15. The highest BCUT2D eigenvalue weighted by Crippen LogP contribution is 2.28. The fourth-order valence-electron chi connectivity index (χ4n) is 1.54. The third-order valence-corrected chi connectivity index (χ3v) is 3.73. The summed E-state index contributed by atoms with van der Waals surface area (Å²) in [7, 11) is 0. The van der Waals surface area contributed by atoms with Gasteiger partial charge in [0.2, 0.25) is 0 Å². The highest BCUT2D eigenvalue weighted by atomic mass is 79.9. The minimum atomic E-state index is -1.79. The van der Waals surface area contributed by atoms with Crippen LogP contribution < -0.4 is 0 Å². The lowest BCUT2D eigenvalue weighted by Gasteiger charge is -2.07. The van der Waals surface area contributed by atoms with Gasteiger partial charge >= 0.3 is 0 Å². The van der Waals surface area contributed by atoms with Crippen LogP contribution in [0.3, 0.4) is 0 Å². The average molecular weight is 368 g/mol. The van der Waals surface area contributed by atoms with Crippen molar-refractivity contribution >= 4 is 33.3 Å². The summed E-state index contributed by atoms with van der Waals surface area (Å²) >= 11 is 8.67. The summed E-state index contributed by atoms with van der Waals surface area (Å²) in [6, 6.07) is 3.23. The number of hydrogen-bond donors (Lipinski definition) is 0. The first-order chi connectivity index (χ1) is 9.32. The van der Waals surface area contributed by atoms with E-state index in [-0.39, 0.29) is 9.50 Å². The molecule has 0 saturated heterocycles. The van der Waals surface area contributed by atoms with Gasteiger partial charge in [0.1, 0.15) is 5.82 Å². The number of carbonyl (C=O) groups is 1. The number of rotatable bonds is 2. The Morgan fingerprint density at radius 2 is 1.60 bits per heavy atom. The monoisotopic (exact) mass is 366 g/mol. The molecule has 0 fully saturated rings. The molecule has 0 aliphatic carbocycles. The van der Waals surface area contributed by atoms with Crippen molar-refractivity contribution in [3.63, 3.8) is 0 Å². The van der Waals surface area contributed by atoms with Gasteiger partial charge in [0.05, 0.1) is 16.1 Å². The number of hydrogen-bond acceptors (Lipinski definition) is 1. The second-order valence-corrected chi connectivity index (χ2v) is 5.06. The molecule has 0 spiro atoms. The molecule has 2 aromatic rings. The molecule has 0 aliphatic rings. The molecule has 20 heavy (non-hydrogen) atoms. The molecule has 0 bridgehead atoms. The Labute approximate surface area is 124 Å². The first kappa shape index (κ1) is 15.0. The largest absolute Gasteiger partial charge is 0.288 e. The predicted octanol–water partition coefficient (Wildman–Crippen LogP) is 4.89. The fraction of sp³-hybridized carbons (Fsp3) is 0. The van der Waals surface area contributed by atoms with Gasteiger partial charge in [-0.1, -0.05) is 11.6 Å². The maximum Gasteiger partial charge on any atom is 0.199 e. The summed E-state index contributed by atoms with van der Waals surface area (Å²) in [5.41, 5.74) is -1.32. The van der Waals surface area contributed by atoms with Crippen LogP contribution in [0, 0.1) is 23.3 Å². The molecule has 0 unspecified atom stereocenters. The SMILES string of the molecule is O=C(c1cc(Cl)c(Br)cc1F)c1ccc(F)c(F)c1F. The van der Waals surface area contributed by atoms with Crippen molar-refractivity contribution in [2.45, 2.75) is 0 Å². The maximum atomic E-state index is 13.7. The Bertz CT molecular complexity index is 714. The number of benzene rings is 2. The second-order valence-electron chi connectivity index (χ2n) is 3.80. The van der Waals surface area contributed by atoms with Crippen LogP contribution in [0.5, 0.6) is 0 Å². The van der Waals surface area contributed by atoms with E-state index >= 15 is 0 Å². The molecule has 104 valence electrons. The molecule has 0 saturated carbocycles. The lowest BCUT2D eigenvalue weighted by atomic mass is 10.0. The van der Waals surface area contributed by atoms with Crippen LogP contribution in [0.15, 0.2) is 28.7 Å². The normalized spacial score (nSPS) is 10.7.